The van der Waals surface area contributed by atoms with Crippen LogP contribution in [0.5, 0.6) is 5.75 Å². The van der Waals surface area contributed by atoms with Crippen molar-refractivity contribution < 1.29 is 19.1 Å². The van der Waals surface area contributed by atoms with Gasteiger partial charge in [-0.15, -0.1) is 0 Å². The maximum absolute atomic E-state index is 11.8. The van der Waals surface area contributed by atoms with Gasteiger partial charge in [0.15, 0.2) is 0 Å². The molecule has 130 valence electrons. The molecule has 1 aromatic carbocycles. The van der Waals surface area contributed by atoms with Crippen molar-refractivity contribution in [3.63, 3.8) is 0 Å². The number of benzene rings is 1. The molecule has 6 heteroatoms. The Hall–Kier alpha value is -2.47. The quantitative estimate of drug-likeness (QED) is 0.694. The zero-order valence-electron chi connectivity index (χ0n) is 14.0. The number of aliphatic hydroxyl groups excluding tert-OH is 1. The number of nitrogens with one attached hydrogen (secondary N) is 2. The predicted molar refractivity (Wildman–Crippen MR) is 91.0 cm³/mol. The van der Waals surface area contributed by atoms with Gasteiger partial charge in [-0.3, -0.25) is 0 Å². The molecule has 1 heterocycles. The van der Waals surface area contributed by atoms with Gasteiger partial charge in [0.25, 0.3) is 0 Å². The third-order valence-corrected chi connectivity index (χ3v) is 3.66. The molecule has 0 spiro atoms. The van der Waals surface area contributed by atoms with Crippen molar-refractivity contribution in [2.45, 2.75) is 32.5 Å². The minimum absolute atomic E-state index is 0.0782. The van der Waals surface area contributed by atoms with E-state index in [-0.39, 0.29) is 18.7 Å². The van der Waals surface area contributed by atoms with Crippen molar-refractivity contribution in [2.24, 2.45) is 0 Å². The third kappa shape index (κ3) is 5.31. The van der Waals surface area contributed by atoms with Crippen LogP contribution in [-0.4, -0.2) is 30.3 Å². The van der Waals surface area contributed by atoms with Gasteiger partial charge in [-0.2, -0.15) is 0 Å². The van der Waals surface area contributed by atoms with E-state index in [9.17, 15) is 9.90 Å². The van der Waals surface area contributed by atoms with Gasteiger partial charge in [-0.05, 0) is 37.1 Å². The van der Waals surface area contributed by atoms with Crippen molar-refractivity contribution in [1.29, 1.82) is 0 Å². The molecule has 2 amide bonds. The first-order valence-electron chi connectivity index (χ1n) is 8.05. The van der Waals surface area contributed by atoms with Gasteiger partial charge < -0.3 is 24.9 Å². The normalized spacial score (nSPS) is 13.1. The molecule has 0 bridgehead atoms. The summed E-state index contributed by atoms with van der Waals surface area (Å²) in [6.07, 6.45) is 1.26. The second-order valence-electron chi connectivity index (χ2n) is 5.54. The highest BCUT2D eigenvalue weighted by Gasteiger charge is 2.14. The summed E-state index contributed by atoms with van der Waals surface area (Å²) in [5.41, 5.74) is 1.06. The first kappa shape index (κ1) is 17.9. The molecule has 0 aliphatic carbocycles. The first-order valence-corrected chi connectivity index (χ1v) is 8.05. The zero-order valence-corrected chi connectivity index (χ0v) is 14.0. The number of aliphatic hydroxyl groups is 1. The van der Waals surface area contributed by atoms with Crippen LogP contribution in [-0.2, 0) is 0 Å². The van der Waals surface area contributed by atoms with Crippen LogP contribution in [0.15, 0.2) is 47.1 Å². The lowest BCUT2D eigenvalue weighted by Gasteiger charge is -2.20. The summed E-state index contributed by atoms with van der Waals surface area (Å²) in [6.45, 7) is 4.45. The van der Waals surface area contributed by atoms with Crippen LogP contribution in [0.1, 0.15) is 30.8 Å². The van der Waals surface area contributed by atoms with E-state index in [2.05, 4.69) is 10.6 Å². The summed E-state index contributed by atoms with van der Waals surface area (Å²) in [5, 5.41) is 15.2. The van der Waals surface area contributed by atoms with E-state index in [1.165, 1.54) is 6.26 Å². The first-order chi connectivity index (χ1) is 11.6. The van der Waals surface area contributed by atoms with Gasteiger partial charge in [0.1, 0.15) is 23.7 Å². The minimum atomic E-state index is -0.865. The summed E-state index contributed by atoms with van der Waals surface area (Å²) in [7, 11) is 0. The largest absolute Gasteiger partial charge is 0.488 e. The maximum atomic E-state index is 11.8. The highest BCUT2D eigenvalue weighted by atomic mass is 16.5. The molecule has 0 aliphatic rings. The molecule has 0 aliphatic heterocycles. The van der Waals surface area contributed by atoms with Gasteiger partial charge in [-0.1, -0.05) is 25.1 Å². The Kier molecular flexibility index (Phi) is 6.69. The van der Waals surface area contributed by atoms with E-state index in [1.54, 1.807) is 12.1 Å². The molecule has 0 saturated carbocycles. The molecule has 6 nitrogen and oxygen atoms in total. The summed E-state index contributed by atoms with van der Waals surface area (Å²) >= 11 is 0. The van der Waals surface area contributed by atoms with Crippen LogP contribution in [0, 0.1) is 6.92 Å². The van der Waals surface area contributed by atoms with Gasteiger partial charge in [0.2, 0.25) is 0 Å². The Labute approximate surface area is 141 Å². The molecule has 2 atom stereocenters. The molecule has 2 unspecified atom stereocenters. The van der Waals surface area contributed by atoms with Gasteiger partial charge in [-0.25, -0.2) is 4.79 Å². The minimum Gasteiger partial charge on any atom is -0.488 e. The Morgan fingerprint density at radius 3 is 2.62 bits per heavy atom. The lowest BCUT2D eigenvalue weighted by Crippen LogP contribution is -2.42. The van der Waals surface area contributed by atoms with Crippen LogP contribution in [0.4, 0.5) is 4.79 Å². The second kappa shape index (κ2) is 8.98. The fourth-order valence-electron chi connectivity index (χ4n) is 2.18. The fourth-order valence-corrected chi connectivity index (χ4v) is 2.18. The standard InChI is InChI=1S/C18H24N2O4/c1-3-14(24-16-8-5-4-7-13(16)2)11-19-18(22)20-12-15(21)17-9-6-10-23-17/h4-10,14-15,21H,3,11-12H2,1-2H3,(H2,19,20,22). The second-order valence-corrected chi connectivity index (χ2v) is 5.54. The van der Waals surface area contributed by atoms with Gasteiger partial charge in [0, 0.05) is 0 Å². The van der Waals surface area contributed by atoms with Crippen LogP contribution >= 0.6 is 0 Å². The predicted octanol–water partition coefficient (Wildman–Crippen LogP) is 2.78. The molecule has 2 aromatic rings. The Morgan fingerprint density at radius 2 is 1.96 bits per heavy atom. The number of para-hydroxylation sites is 1. The van der Waals surface area contributed by atoms with Crippen molar-refractivity contribution >= 4 is 6.03 Å². The van der Waals surface area contributed by atoms with Gasteiger partial charge >= 0.3 is 6.03 Å². The number of urea groups is 1. The number of carbonyl (C=O) groups excluding carboxylic acids is 1. The molecule has 0 radical (unpaired) electrons. The lowest BCUT2D eigenvalue weighted by molar-refractivity contribution is 0.146. The summed E-state index contributed by atoms with van der Waals surface area (Å²) < 4.78 is 11.0. The average Bonchev–Trinajstić information content (AvgIpc) is 3.12. The zero-order chi connectivity index (χ0) is 17.4. The molecule has 0 fully saturated rings. The molecular formula is C18H24N2O4. The van der Waals surface area contributed by atoms with E-state index < -0.39 is 6.10 Å². The van der Waals surface area contributed by atoms with Crippen molar-refractivity contribution in [3.8, 4) is 5.75 Å². The maximum Gasteiger partial charge on any atom is 0.315 e. The monoisotopic (exact) mass is 332 g/mol. The molecule has 0 saturated heterocycles. The lowest BCUT2D eigenvalue weighted by atomic mass is 10.2. The van der Waals surface area contributed by atoms with E-state index in [0.717, 1.165) is 17.7 Å². The van der Waals surface area contributed by atoms with Crippen LogP contribution in [0.2, 0.25) is 0 Å². The number of amides is 2. The van der Waals surface area contributed by atoms with E-state index in [1.807, 2.05) is 38.1 Å². The average molecular weight is 332 g/mol. The van der Waals surface area contributed by atoms with Crippen molar-refractivity contribution in [3.05, 3.63) is 54.0 Å². The Bertz CT molecular complexity index is 628. The number of aryl methyl sites for hydroxylation is 1. The number of furan rings is 1. The van der Waals surface area contributed by atoms with E-state index >= 15 is 0 Å². The molecule has 1 aromatic heterocycles. The number of carbonyl (C=O) groups is 1. The summed E-state index contributed by atoms with van der Waals surface area (Å²) in [5.74, 6) is 1.24. The molecule has 2 rings (SSSR count). The topological polar surface area (TPSA) is 83.7 Å². The summed E-state index contributed by atoms with van der Waals surface area (Å²) in [6, 6.07) is 10.8. The van der Waals surface area contributed by atoms with Crippen LogP contribution < -0.4 is 15.4 Å². The highest BCUT2D eigenvalue weighted by molar-refractivity contribution is 5.73. The number of ether oxygens (including phenoxy) is 1. The SMILES string of the molecule is CCC(CNC(=O)NCC(O)c1ccco1)Oc1ccccc1C. The molecule has 3 N–H and O–H groups in total. The summed E-state index contributed by atoms with van der Waals surface area (Å²) in [4.78, 5) is 11.8. The smallest absolute Gasteiger partial charge is 0.315 e. The molecular weight excluding hydrogens is 308 g/mol. The number of hydrogen-bond acceptors (Lipinski definition) is 4. The van der Waals surface area contributed by atoms with Crippen molar-refractivity contribution in [2.75, 3.05) is 13.1 Å². The van der Waals surface area contributed by atoms with Crippen LogP contribution in [0.3, 0.4) is 0 Å². The molecule has 24 heavy (non-hydrogen) atoms. The van der Waals surface area contributed by atoms with Crippen LogP contribution in [0.25, 0.3) is 0 Å². The Morgan fingerprint density at radius 1 is 1.21 bits per heavy atom. The van der Waals surface area contributed by atoms with Crippen molar-refractivity contribution in [1.82, 2.24) is 10.6 Å². The highest BCUT2D eigenvalue weighted by Crippen LogP contribution is 2.18. The Balaban J connectivity index is 1.74. The third-order valence-electron chi connectivity index (χ3n) is 3.66. The van der Waals surface area contributed by atoms with Gasteiger partial charge in [0.05, 0.1) is 19.4 Å². The number of rotatable bonds is 8. The van der Waals surface area contributed by atoms with E-state index in [0.29, 0.717) is 12.3 Å². The fraction of sp³-hybridized carbons (Fsp3) is 0.389. The van der Waals surface area contributed by atoms with E-state index in [4.69, 9.17) is 9.15 Å². The number of hydrogen-bond donors (Lipinski definition) is 3.